The van der Waals surface area contributed by atoms with E-state index in [1.807, 2.05) is 24.5 Å². The molecule has 0 spiro atoms. The minimum atomic E-state index is 1.01. The lowest BCUT2D eigenvalue weighted by Crippen LogP contribution is -1.90. The first-order chi connectivity index (χ1) is 10.9. The van der Waals surface area contributed by atoms with Crippen molar-refractivity contribution in [2.45, 2.75) is 0 Å². The van der Waals surface area contributed by atoms with Gasteiger partial charge in [-0.3, -0.25) is 4.57 Å². The third-order valence-electron chi connectivity index (χ3n) is 4.23. The van der Waals surface area contributed by atoms with Gasteiger partial charge in [-0.15, -0.1) is 0 Å². The smallest absolute Gasteiger partial charge is 0.113 e. The number of hydrogen-bond donors (Lipinski definition) is 1. The topological polar surface area (TPSA) is 33.6 Å². The van der Waals surface area contributed by atoms with Crippen LogP contribution in [0.25, 0.3) is 38.5 Å². The van der Waals surface area contributed by atoms with Crippen LogP contribution in [0.5, 0.6) is 0 Å². The first kappa shape index (κ1) is 11.6. The average molecular weight is 283 g/mol. The highest BCUT2D eigenvalue weighted by Crippen LogP contribution is 2.31. The Hall–Kier alpha value is -3.07. The fraction of sp³-hybridized carbons (Fsp3) is 0. The fourth-order valence-electron chi connectivity index (χ4n) is 3.19. The van der Waals surface area contributed by atoms with Gasteiger partial charge in [-0.2, -0.15) is 0 Å². The van der Waals surface area contributed by atoms with Crippen LogP contribution in [0.2, 0.25) is 0 Å². The van der Waals surface area contributed by atoms with E-state index >= 15 is 0 Å². The summed E-state index contributed by atoms with van der Waals surface area (Å²) in [5.74, 6) is 0. The van der Waals surface area contributed by atoms with E-state index in [-0.39, 0.29) is 0 Å². The van der Waals surface area contributed by atoms with Crippen LogP contribution in [-0.2, 0) is 0 Å². The third kappa shape index (κ3) is 1.48. The number of para-hydroxylation sites is 2. The zero-order valence-corrected chi connectivity index (χ0v) is 11.8. The van der Waals surface area contributed by atoms with Crippen molar-refractivity contribution in [2.75, 3.05) is 0 Å². The van der Waals surface area contributed by atoms with E-state index in [1.54, 1.807) is 0 Å². The lowest BCUT2D eigenvalue weighted by Gasteiger charge is -2.03. The van der Waals surface area contributed by atoms with Gasteiger partial charge in [0, 0.05) is 22.0 Å². The molecular formula is C19H13N3. The van der Waals surface area contributed by atoms with Gasteiger partial charge >= 0.3 is 0 Å². The Morgan fingerprint density at radius 3 is 2.50 bits per heavy atom. The van der Waals surface area contributed by atoms with Crippen molar-refractivity contribution in [3.05, 3.63) is 73.1 Å². The number of hydrogen-bond acceptors (Lipinski definition) is 1. The van der Waals surface area contributed by atoms with E-state index < -0.39 is 0 Å². The van der Waals surface area contributed by atoms with Gasteiger partial charge in [-0.1, -0.05) is 36.4 Å². The molecule has 0 aliphatic carbocycles. The highest BCUT2D eigenvalue weighted by atomic mass is 15.1. The third-order valence-corrected chi connectivity index (χ3v) is 4.23. The first-order valence-electron chi connectivity index (χ1n) is 7.34. The van der Waals surface area contributed by atoms with Gasteiger partial charge in [0.15, 0.2) is 0 Å². The van der Waals surface area contributed by atoms with Crippen molar-refractivity contribution in [2.24, 2.45) is 0 Å². The van der Waals surface area contributed by atoms with Crippen LogP contribution in [0, 0.1) is 0 Å². The largest absolute Gasteiger partial charge is 0.353 e. The monoisotopic (exact) mass is 283 g/mol. The van der Waals surface area contributed by atoms with Crippen LogP contribution >= 0.6 is 0 Å². The second-order valence-electron chi connectivity index (χ2n) is 5.48. The number of benzene rings is 3. The van der Waals surface area contributed by atoms with Crippen molar-refractivity contribution in [1.29, 1.82) is 0 Å². The summed E-state index contributed by atoms with van der Waals surface area (Å²) in [7, 11) is 0. The SMILES string of the molecule is c1ccc(-n2cnc3c4[nH]c5ccccc5c4ccc32)cc1. The molecule has 3 aromatic carbocycles. The Morgan fingerprint density at radius 2 is 1.59 bits per heavy atom. The van der Waals surface area contributed by atoms with Crippen LogP contribution < -0.4 is 0 Å². The van der Waals surface area contributed by atoms with Gasteiger partial charge in [-0.05, 0) is 30.3 Å². The van der Waals surface area contributed by atoms with Gasteiger partial charge in [0.2, 0.25) is 0 Å². The number of fused-ring (bicyclic) bond motifs is 5. The molecule has 2 heterocycles. The second-order valence-corrected chi connectivity index (χ2v) is 5.48. The van der Waals surface area contributed by atoms with Crippen molar-refractivity contribution in [3.63, 3.8) is 0 Å². The molecule has 5 aromatic rings. The number of aromatic amines is 1. The zero-order chi connectivity index (χ0) is 14.5. The van der Waals surface area contributed by atoms with Crippen LogP contribution in [0.15, 0.2) is 73.1 Å². The number of nitrogens with one attached hydrogen (secondary N) is 1. The maximum absolute atomic E-state index is 4.65. The van der Waals surface area contributed by atoms with Crippen molar-refractivity contribution in [1.82, 2.24) is 14.5 Å². The molecule has 0 saturated heterocycles. The Balaban J connectivity index is 1.89. The predicted molar refractivity (Wildman–Crippen MR) is 90.4 cm³/mol. The van der Waals surface area contributed by atoms with Crippen molar-refractivity contribution >= 4 is 32.8 Å². The summed E-state index contributed by atoms with van der Waals surface area (Å²) >= 11 is 0. The lowest BCUT2D eigenvalue weighted by molar-refractivity contribution is 1.09. The van der Waals surface area contributed by atoms with Gasteiger partial charge < -0.3 is 4.98 Å². The molecule has 1 N–H and O–H groups in total. The van der Waals surface area contributed by atoms with Crippen molar-refractivity contribution < 1.29 is 0 Å². The molecule has 2 aromatic heterocycles. The van der Waals surface area contributed by atoms with E-state index in [0.717, 1.165) is 27.8 Å². The van der Waals surface area contributed by atoms with E-state index in [2.05, 4.69) is 63.1 Å². The summed E-state index contributed by atoms with van der Waals surface area (Å²) in [6.07, 6.45) is 1.89. The average Bonchev–Trinajstić information content (AvgIpc) is 3.16. The maximum atomic E-state index is 4.65. The van der Waals surface area contributed by atoms with E-state index in [9.17, 15) is 0 Å². The zero-order valence-electron chi connectivity index (χ0n) is 11.8. The van der Waals surface area contributed by atoms with Gasteiger partial charge in [-0.25, -0.2) is 4.98 Å². The van der Waals surface area contributed by atoms with Crippen LogP contribution in [-0.4, -0.2) is 14.5 Å². The molecule has 104 valence electrons. The van der Waals surface area contributed by atoms with Gasteiger partial charge in [0.1, 0.15) is 11.8 Å². The minimum Gasteiger partial charge on any atom is -0.353 e. The molecule has 0 unspecified atom stereocenters. The molecule has 0 fully saturated rings. The summed E-state index contributed by atoms with van der Waals surface area (Å²) in [5.41, 5.74) is 5.51. The number of nitrogens with zero attached hydrogens (tertiary/aromatic N) is 2. The highest BCUT2D eigenvalue weighted by molar-refractivity contribution is 6.15. The van der Waals surface area contributed by atoms with Crippen LogP contribution in [0.3, 0.4) is 0 Å². The molecule has 0 aliphatic heterocycles. The molecule has 3 heteroatoms. The summed E-state index contributed by atoms with van der Waals surface area (Å²) in [6, 6.07) is 23.0. The standard InChI is InChI=1S/C19H13N3/c1-2-6-13(7-3-1)22-12-20-19-17(22)11-10-15-14-8-4-5-9-16(14)21-18(15)19/h1-12,21H. The Labute approximate surface area is 126 Å². The van der Waals surface area contributed by atoms with Crippen LogP contribution in [0.4, 0.5) is 0 Å². The Bertz CT molecular complexity index is 1120. The molecular weight excluding hydrogens is 270 g/mol. The lowest BCUT2D eigenvalue weighted by atomic mass is 10.1. The highest BCUT2D eigenvalue weighted by Gasteiger charge is 2.11. The first-order valence-corrected chi connectivity index (χ1v) is 7.34. The normalized spacial score (nSPS) is 11.6. The Morgan fingerprint density at radius 1 is 0.773 bits per heavy atom. The fourth-order valence-corrected chi connectivity index (χ4v) is 3.19. The minimum absolute atomic E-state index is 1.01. The number of imidazole rings is 1. The van der Waals surface area contributed by atoms with E-state index in [1.165, 1.54) is 10.8 Å². The van der Waals surface area contributed by atoms with E-state index in [4.69, 9.17) is 0 Å². The van der Waals surface area contributed by atoms with Gasteiger partial charge in [0.05, 0.1) is 11.0 Å². The molecule has 0 radical (unpaired) electrons. The van der Waals surface area contributed by atoms with E-state index in [0.29, 0.717) is 0 Å². The molecule has 0 saturated carbocycles. The van der Waals surface area contributed by atoms with Crippen LogP contribution in [0.1, 0.15) is 0 Å². The Kier molecular flexibility index (Phi) is 2.22. The number of aromatic nitrogens is 3. The number of H-pyrrole nitrogens is 1. The molecule has 0 bridgehead atoms. The molecule has 0 amide bonds. The molecule has 0 atom stereocenters. The second kappa shape index (κ2) is 4.21. The van der Waals surface area contributed by atoms with Gasteiger partial charge in [0.25, 0.3) is 0 Å². The quantitative estimate of drug-likeness (QED) is 0.477. The number of rotatable bonds is 1. The summed E-state index contributed by atoms with van der Waals surface area (Å²) in [5, 5.41) is 2.47. The summed E-state index contributed by atoms with van der Waals surface area (Å²) in [6.45, 7) is 0. The summed E-state index contributed by atoms with van der Waals surface area (Å²) in [4.78, 5) is 8.16. The molecule has 3 nitrogen and oxygen atoms in total. The molecule has 22 heavy (non-hydrogen) atoms. The van der Waals surface area contributed by atoms with Crippen molar-refractivity contribution in [3.8, 4) is 5.69 Å². The summed E-state index contributed by atoms with van der Waals surface area (Å²) < 4.78 is 2.13. The maximum Gasteiger partial charge on any atom is 0.113 e. The molecule has 0 aliphatic rings. The molecule has 5 rings (SSSR count). The predicted octanol–water partition coefficient (Wildman–Crippen LogP) is 4.66.